The molecule has 1 heterocycles. The summed E-state index contributed by atoms with van der Waals surface area (Å²) in [6, 6.07) is 3.40. The van der Waals surface area contributed by atoms with Crippen molar-refractivity contribution in [1.82, 2.24) is 5.32 Å². The zero-order valence-electron chi connectivity index (χ0n) is 11.7. The van der Waals surface area contributed by atoms with Gasteiger partial charge in [0.15, 0.2) is 0 Å². The summed E-state index contributed by atoms with van der Waals surface area (Å²) in [6.45, 7) is 3.50. The molecule has 2 N–H and O–H groups in total. The lowest BCUT2D eigenvalue weighted by atomic mass is 9.97. The van der Waals surface area contributed by atoms with E-state index in [0.717, 1.165) is 11.0 Å². The molecule has 2 rings (SSSR count). The number of rotatable bonds is 3. The van der Waals surface area contributed by atoms with Crippen LogP contribution in [0.1, 0.15) is 17.3 Å². The summed E-state index contributed by atoms with van der Waals surface area (Å²) in [7, 11) is 1.31. The number of esters is 1. The second-order valence-corrected chi connectivity index (χ2v) is 6.80. The van der Waals surface area contributed by atoms with Gasteiger partial charge in [-0.25, -0.2) is 4.79 Å². The first-order chi connectivity index (χ1) is 9.93. The van der Waals surface area contributed by atoms with Gasteiger partial charge in [0.2, 0.25) is 5.91 Å². The number of carbonyl (C=O) groups is 2. The number of amides is 1. The molecule has 1 aliphatic heterocycles. The van der Waals surface area contributed by atoms with Crippen molar-refractivity contribution in [2.24, 2.45) is 11.8 Å². The number of methoxy groups -OCH3 is 1. The molecule has 5 nitrogen and oxygen atoms in total. The second-order valence-electron chi connectivity index (χ2n) is 5.03. The van der Waals surface area contributed by atoms with Crippen LogP contribution in [-0.2, 0) is 9.53 Å². The van der Waals surface area contributed by atoms with E-state index in [1.807, 2.05) is 6.92 Å². The average Bonchev–Trinajstić information content (AvgIpc) is 2.86. The van der Waals surface area contributed by atoms with Crippen molar-refractivity contribution in [2.45, 2.75) is 6.92 Å². The van der Waals surface area contributed by atoms with Gasteiger partial charge < -0.3 is 15.4 Å². The SMILES string of the molecule is COC(=O)c1cc(Br)cc(Br)c1NC(=O)[C@@H]1CNC[C@H]1C. The van der Waals surface area contributed by atoms with Crippen molar-refractivity contribution in [3.05, 3.63) is 26.6 Å². The Hall–Kier alpha value is -0.920. The first-order valence-electron chi connectivity index (χ1n) is 6.53. The van der Waals surface area contributed by atoms with Crippen LogP contribution in [0.25, 0.3) is 0 Å². The minimum Gasteiger partial charge on any atom is -0.465 e. The van der Waals surface area contributed by atoms with E-state index in [4.69, 9.17) is 4.74 Å². The maximum Gasteiger partial charge on any atom is 0.340 e. The van der Waals surface area contributed by atoms with E-state index in [9.17, 15) is 9.59 Å². The maximum absolute atomic E-state index is 12.4. The highest BCUT2D eigenvalue weighted by Gasteiger charge is 2.30. The summed E-state index contributed by atoms with van der Waals surface area (Å²) >= 11 is 6.71. The van der Waals surface area contributed by atoms with Crippen LogP contribution >= 0.6 is 31.9 Å². The molecule has 0 aliphatic carbocycles. The van der Waals surface area contributed by atoms with Crippen LogP contribution in [0.5, 0.6) is 0 Å². The van der Waals surface area contributed by atoms with E-state index in [-0.39, 0.29) is 17.7 Å². The molecule has 1 aliphatic rings. The highest BCUT2D eigenvalue weighted by atomic mass is 79.9. The molecule has 1 amide bonds. The summed E-state index contributed by atoms with van der Waals surface area (Å²) in [5, 5.41) is 6.04. The van der Waals surface area contributed by atoms with E-state index in [2.05, 4.69) is 42.5 Å². The topological polar surface area (TPSA) is 67.4 Å². The molecule has 0 spiro atoms. The Balaban J connectivity index is 2.30. The van der Waals surface area contributed by atoms with Crippen molar-refractivity contribution in [3.8, 4) is 0 Å². The predicted molar refractivity (Wildman–Crippen MR) is 87.3 cm³/mol. The number of ether oxygens (including phenoxy) is 1. The molecule has 0 saturated carbocycles. The number of nitrogens with one attached hydrogen (secondary N) is 2. The minimum absolute atomic E-state index is 0.0966. The standard InChI is InChI=1S/C14H16Br2N2O3/c1-7-5-17-6-10(7)13(19)18-12-9(14(20)21-2)3-8(15)4-11(12)16/h3-4,7,10,17H,5-6H2,1-2H3,(H,18,19)/t7-,10-/m1/s1. The Morgan fingerprint density at radius 1 is 1.33 bits per heavy atom. The van der Waals surface area contributed by atoms with Crippen LogP contribution in [0.2, 0.25) is 0 Å². The fraction of sp³-hybridized carbons (Fsp3) is 0.429. The molecule has 0 aromatic heterocycles. The number of hydrogen-bond donors (Lipinski definition) is 2. The Kier molecular flexibility index (Phi) is 5.40. The van der Waals surface area contributed by atoms with Gasteiger partial charge in [-0.2, -0.15) is 0 Å². The average molecular weight is 420 g/mol. The molecule has 0 radical (unpaired) electrons. The fourth-order valence-electron chi connectivity index (χ4n) is 2.35. The van der Waals surface area contributed by atoms with Gasteiger partial charge in [-0.1, -0.05) is 22.9 Å². The molecular weight excluding hydrogens is 404 g/mol. The zero-order chi connectivity index (χ0) is 15.6. The Bertz CT molecular complexity index is 578. The molecule has 7 heteroatoms. The largest absolute Gasteiger partial charge is 0.465 e. The lowest BCUT2D eigenvalue weighted by Gasteiger charge is -2.17. The van der Waals surface area contributed by atoms with Gasteiger partial charge in [-0.15, -0.1) is 0 Å². The van der Waals surface area contributed by atoms with Crippen molar-refractivity contribution in [1.29, 1.82) is 0 Å². The summed E-state index contributed by atoms with van der Waals surface area (Å²) in [5.41, 5.74) is 0.750. The third-order valence-corrected chi connectivity index (χ3v) is 4.65. The molecule has 1 saturated heterocycles. The van der Waals surface area contributed by atoms with Gasteiger partial charge in [-0.3, -0.25) is 4.79 Å². The Morgan fingerprint density at radius 2 is 2.05 bits per heavy atom. The van der Waals surface area contributed by atoms with E-state index in [1.165, 1.54) is 7.11 Å². The van der Waals surface area contributed by atoms with Crippen LogP contribution in [0.4, 0.5) is 5.69 Å². The van der Waals surface area contributed by atoms with Gasteiger partial charge in [0.25, 0.3) is 0 Å². The molecule has 0 unspecified atom stereocenters. The zero-order valence-corrected chi connectivity index (χ0v) is 14.9. The monoisotopic (exact) mass is 418 g/mol. The van der Waals surface area contributed by atoms with Crippen LogP contribution in [-0.4, -0.2) is 32.1 Å². The van der Waals surface area contributed by atoms with E-state index in [1.54, 1.807) is 12.1 Å². The number of carbonyl (C=O) groups excluding carboxylic acids is 2. The third-order valence-electron chi connectivity index (χ3n) is 3.56. The van der Waals surface area contributed by atoms with Crippen molar-refractivity contribution in [3.63, 3.8) is 0 Å². The summed E-state index contributed by atoms with van der Waals surface area (Å²) < 4.78 is 6.13. The minimum atomic E-state index is -0.495. The first-order valence-corrected chi connectivity index (χ1v) is 8.11. The molecule has 1 aromatic carbocycles. The molecule has 114 valence electrons. The lowest BCUT2D eigenvalue weighted by Crippen LogP contribution is -2.28. The van der Waals surface area contributed by atoms with Crippen molar-refractivity contribution >= 4 is 49.4 Å². The van der Waals surface area contributed by atoms with Gasteiger partial charge in [0, 0.05) is 15.5 Å². The van der Waals surface area contributed by atoms with Crippen molar-refractivity contribution < 1.29 is 14.3 Å². The van der Waals surface area contributed by atoms with Crippen molar-refractivity contribution in [2.75, 3.05) is 25.5 Å². The Labute approximate surface area is 140 Å². The molecule has 0 bridgehead atoms. The number of hydrogen-bond acceptors (Lipinski definition) is 4. The van der Waals surface area contributed by atoms with Crippen LogP contribution < -0.4 is 10.6 Å². The van der Waals surface area contributed by atoms with Crippen LogP contribution in [0.15, 0.2) is 21.1 Å². The Morgan fingerprint density at radius 3 is 2.62 bits per heavy atom. The van der Waals surface area contributed by atoms with Gasteiger partial charge in [0.05, 0.1) is 24.3 Å². The number of benzene rings is 1. The van der Waals surface area contributed by atoms with E-state index in [0.29, 0.717) is 22.3 Å². The summed E-state index contributed by atoms with van der Waals surface area (Å²) in [6.07, 6.45) is 0. The molecule has 2 atom stereocenters. The maximum atomic E-state index is 12.4. The quantitative estimate of drug-likeness (QED) is 0.739. The molecule has 21 heavy (non-hydrogen) atoms. The molecule has 1 fully saturated rings. The summed E-state index contributed by atoms with van der Waals surface area (Å²) in [5.74, 6) is -0.433. The third kappa shape index (κ3) is 3.64. The van der Waals surface area contributed by atoms with E-state index >= 15 is 0 Å². The smallest absolute Gasteiger partial charge is 0.340 e. The van der Waals surface area contributed by atoms with Gasteiger partial charge in [0.1, 0.15) is 0 Å². The van der Waals surface area contributed by atoms with E-state index < -0.39 is 5.97 Å². The van der Waals surface area contributed by atoms with Crippen LogP contribution in [0.3, 0.4) is 0 Å². The first kappa shape index (κ1) is 16.5. The summed E-state index contributed by atoms with van der Waals surface area (Å²) in [4.78, 5) is 24.3. The van der Waals surface area contributed by atoms with Gasteiger partial charge >= 0.3 is 5.97 Å². The predicted octanol–water partition coefficient (Wildman–Crippen LogP) is 2.79. The van der Waals surface area contributed by atoms with Crippen LogP contribution in [0, 0.1) is 11.8 Å². The molecular formula is C14H16Br2N2O3. The fourth-order valence-corrected chi connectivity index (χ4v) is 3.67. The van der Waals surface area contributed by atoms with Gasteiger partial charge in [-0.05, 0) is 40.5 Å². The second kappa shape index (κ2) is 6.89. The highest BCUT2D eigenvalue weighted by molar-refractivity contribution is 9.11. The number of anilines is 1. The lowest BCUT2D eigenvalue weighted by molar-refractivity contribution is -0.120. The highest BCUT2D eigenvalue weighted by Crippen LogP contribution is 2.32. The number of halogens is 2. The molecule has 1 aromatic rings. The normalized spacial score (nSPS) is 21.1.